The van der Waals surface area contributed by atoms with Gasteiger partial charge in [-0.1, -0.05) is 56.6 Å². The lowest BCUT2D eigenvalue weighted by Crippen LogP contribution is -2.10. The summed E-state index contributed by atoms with van der Waals surface area (Å²) in [6.07, 6.45) is 0. The third-order valence-electron chi connectivity index (χ3n) is 2.99. The summed E-state index contributed by atoms with van der Waals surface area (Å²) < 4.78 is 13.4. The Balaban J connectivity index is 2.43. The zero-order valence-corrected chi connectivity index (χ0v) is 12.2. The highest BCUT2D eigenvalue weighted by Gasteiger charge is 2.15. The molecule has 0 aliphatic rings. The number of hydrogen-bond acceptors (Lipinski definition) is 2. The van der Waals surface area contributed by atoms with Crippen molar-refractivity contribution in [3.05, 3.63) is 46.5 Å². The van der Waals surface area contributed by atoms with Gasteiger partial charge in [0.2, 0.25) is 0 Å². The molecular formula is C15H16ClFN2. The van der Waals surface area contributed by atoms with E-state index in [1.54, 1.807) is 6.92 Å². The fourth-order valence-corrected chi connectivity index (χ4v) is 1.99. The molecule has 2 aromatic rings. The van der Waals surface area contributed by atoms with E-state index in [4.69, 9.17) is 11.6 Å². The minimum Gasteiger partial charge on any atom is -0.230 e. The third kappa shape index (κ3) is 2.92. The summed E-state index contributed by atoms with van der Waals surface area (Å²) in [7, 11) is 0. The highest BCUT2D eigenvalue weighted by Crippen LogP contribution is 2.26. The summed E-state index contributed by atoms with van der Waals surface area (Å²) >= 11 is 5.75. The van der Waals surface area contributed by atoms with Crippen LogP contribution in [0, 0.1) is 12.7 Å². The first-order valence-electron chi connectivity index (χ1n) is 6.09. The second-order valence-corrected chi connectivity index (χ2v) is 5.92. The van der Waals surface area contributed by atoms with E-state index >= 15 is 0 Å². The van der Waals surface area contributed by atoms with Crippen molar-refractivity contribution in [3.63, 3.8) is 0 Å². The summed E-state index contributed by atoms with van der Waals surface area (Å²) in [4.78, 5) is 8.10. The van der Waals surface area contributed by atoms with E-state index in [0.29, 0.717) is 5.82 Å². The molecule has 1 aromatic carbocycles. The predicted octanol–water partition coefficient (Wildman–Crippen LogP) is 4.54. The summed E-state index contributed by atoms with van der Waals surface area (Å²) in [5.41, 5.74) is 2.41. The Morgan fingerprint density at radius 1 is 1.05 bits per heavy atom. The van der Waals surface area contributed by atoms with Crippen LogP contribution in [0.3, 0.4) is 0 Å². The van der Waals surface area contributed by atoms with Gasteiger partial charge >= 0.3 is 0 Å². The normalized spacial score (nSPS) is 11.7. The number of halogens is 2. The molecule has 0 bridgehead atoms. The van der Waals surface area contributed by atoms with Crippen molar-refractivity contribution in [1.29, 1.82) is 0 Å². The maximum atomic E-state index is 13.4. The minimum absolute atomic E-state index is 0.0930. The number of benzene rings is 1. The molecule has 0 saturated carbocycles. The summed E-state index contributed by atoms with van der Waals surface area (Å²) in [5.74, 6) is -0.110. The van der Waals surface area contributed by atoms with Crippen molar-refractivity contribution in [3.8, 4) is 11.4 Å². The van der Waals surface area contributed by atoms with Gasteiger partial charge in [-0.3, -0.25) is 0 Å². The highest BCUT2D eigenvalue weighted by molar-refractivity contribution is 6.29. The van der Waals surface area contributed by atoms with Gasteiger partial charge in [0, 0.05) is 5.56 Å². The third-order valence-corrected chi connectivity index (χ3v) is 3.24. The van der Waals surface area contributed by atoms with E-state index in [1.165, 1.54) is 5.56 Å². The van der Waals surface area contributed by atoms with Crippen LogP contribution in [0.1, 0.15) is 32.0 Å². The average Bonchev–Trinajstić information content (AvgIpc) is 2.34. The molecule has 1 heterocycles. The second kappa shape index (κ2) is 4.89. The van der Waals surface area contributed by atoms with Crippen LogP contribution in [0.25, 0.3) is 11.4 Å². The van der Waals surface area contributed by atoms with Crippen LogP contribution in [-0.4, -0.2) is 9.97 Å². The van der Waals surface area contributed by atoms with E-state index in [0.717, 1.165) is 5.56 Å². The van der Waals surface area contributed by atoms with E-state index < -0.39 is 5.82 Å². The molecule has 0 atom stereocenters. The lowest BCUT2D eigenvalue weighted by Gasteiger charge is -2.19. The predicted molar refractivity (Wildman–Crippen MR) is 75.9 cm³/mol. The smallest absolute Gasteiger partial charge is 0.181 e. The van der Waals surface area contributed by atoms with Crippen molar-refractivity contribution in [2.75, 3.05) is 0 Å². The highest BCUT2D eigenvalue weighted by atomic mass is 35.5. The summed E-state index contributed by atoms with van der Waals surface area (Å²) in [6.45, 7) is 8.03. The molecule has 2 rings (SSSR count). The first kappa shape index (κ1) is 13.9. The standard InChI is InChI=1S/C15H16ClFN2/c1-9-12(17)13(16)19-14(18-9)10-5-7-11(8-6-10)15(2,3)4/h5-8H,1-4H3. The molecule has 0 aliphatic heterocycles. The van der Waals surface area contributed by atoms with E-state index in [9.17, 15) is 4.39 Å². The molecule has 19 heavy (non-hydrogen) atoms. The Bertz CT molecular complexity index is 578. The fraction of sp³-hybridized carbons (Fsp3) is 0.333. The van der Waals surface area contributed by atoms with Gasteiger partial charge in [0.1, 0.15) is 0 Å². The Labute approximate surface area is 117 Å². The van der Waals surface area contributed by atoms with Crippen molar-refractivity contribution in [2.24, 2.45) is 0 Å². The molecule has 100 valence electrons. The molecule has 0 fully saturated rings. The number of nitrogens with zero attached hydrogens (tertiary/aromatic N) is 2. The van der Waals surface area contributed by atoms with Gasteiger partial charge in [-0.25, -0.2) is 14.4 Å². The maximum absolute atomic E-state index is 13.4. The largest absolute Gasteiger partial charge is 0.230 e. The van der Waals surface area contributed by atoms with Crippen molar-refractivity contribution in [2.45, 2.75) is 33.1 Å². The number of aromatic nitrogens is 2. The first-order valence-corrected chi connectivity index (χ1v) is 6.47. The van der Waals surface area contributed by atoms with Gasteiger partial charge in [-0.15, -0.1) is 0 Å². The van der Waals surface area contributed by atoms with Crippen LogP contribution in [-0.2, 0) is 5.41 Å². The minimum atomic E-state index is -0.559. The molecular weight excluding hydrogens is 263 g/mol. The van der Waals surface area contributed by atoms with Crippen LogP contribution in [0.5, 0.6) is 0 Å². The van der Waals surface area contributed by atoms with Crippen molar-refractivity contribution < 1.29 is 4.39 Å². The molecule has 0 unspecified atom stereocenters. The van der Waals surface area contributed by atoms with Crippen LogP contribution in [0.2, 0.25) is 5.15 Å². The topological polar surface area (TPSA) is 25.8 Å². The van der Waals surface area contributed by atoms with Crippen LogP contribution in [0.15, 0.2) is 24.3 Å². The Hall–Kier alpha value is -1.48. The van der Waals surface area contributed by atoms with Gasteiger partial charge in [0.15, 0.2) is 16.8 Å². The van der Waals surface area contributed by atoms with Gasteiger partial charge in [0.05, 0.1) is 5.69 Å². The Kier molecular flexibility index (Phi) is 3.59. The molecule has 2 nitrogen and oxygen atoms in total. The number of rotatable bonds is 1. The Morgan fingerprint density at radius 3 is 2.11 bits per heavy atom. The molecule has 0 aliphatic carbocycles. The maximum Gasteiger partial charge on any atom is 0.181 e. The lowest BCUT2D eigenvalue weighted by atomic mass is 9.87. The number of aryl methyl sites for hydroxylation is 1. The van der Waals surface area contributed by atoms with Gasteiger partial charge in [-0.2, -0.15) is 0 Å². The first-order chi connectivity index (χ1) is 8.79. The molecule has 0 saturated heterocycles. The molecule has 0 amide bonds. The molecule has 0 N–H and O–H groups in total. The molecule has 0 radical (unpaired) electrons. The number of hydrogen-bond donors (Lipinski definition) is 0. The quantitative estimate of drug-likeness (QED) is 0.716. The van der Waals surface area contributed by atoms with E-state index in [2.05, 4.69) is 30.7 Å². The molecule has 4 heteroatoms. The molecule has 0 spiro atoms. The van der Waals surface area contributed by atoms with E-state index in [-0.39, 0.29) is 16.3 Å². The second-order valence-electron chi connectivity index (χ2n) is 5.56. The lowest BCUT2D eigenvalue weighted by molar-refractivity contribution is 0.590. The monoisotopic (exact) mass is 278 g/mol. The average molecular weight is 279 g/mol. The summed E-state index contributed by atoms with van der Waals surface area (Å²) in [6, 6.07) is 7.93. The van der Waals surface area contributed by atoms with E-state index in [1.807, 2.05) is 24.3 Å². The van der Waals surface area contributed by atoms with Crippen molar-refractivity contribution in [1.82, 2.24) is 9.97 Å². The van der Waals surface area contributed by atoms with Crippen LogP contribution < -0.4 is 0 Å². The summed E-state index contributed by atoms with van der Waals surface area (Å²) in [5, 5.41) is -0.137. The zero-order chi connectivity index (χ0) is 14.2. The fourth-order valence-electron chi connectivity index (χ4n) is 1.77. The Morgan fingerprint density at radius 2 is 1.63 bits per heavy atom. The van der Waals surface area contributed by atoms with Gasteiger partial charge in [0.25, 0.3) is 0 Å². The van der Waals surface area contributed by atoms with Crippen LogP contribution in [0.4, 0.5) is 4.39 Å². The van der Waals surface area contributed by atoms with Gasteiger partial charge < -0.3 is 0 Å². The molecule has 1 aromatic heterocycles. The van der Waals surface area contributed by atoms with Gasteiger partial charge in [-0.05, 0) is 17.9 Å². The SMILES string of the molecule is Cc1nc(-c2ccc(C(C)(C)C)cc2)nc(Cl)c1F. The van der Waals surface area contributed by atoms with Crippen molar-refractivity contribution >= 4 is 11.6 Å². The van der Waals surface area contributed by atoms with Crippen LogP contribution >= 0.6 is 11.6 Å². The zero-order valence-electron chi connectivity index (χ0n) is 11.5.